The molecule has 1 saturated heterocycles. The van der Waals surface area contributed by atoms with Crippen LogP contribution < -0.4 is 15.0 Å². The van der Waals surface area contributed by atoms with E-state index in [9.17, 15) is 14.7 Å². The molecule has 25 heavy (non-hydrogen) atoms. The zero-order valence-corrected chi connectivity index (χ0v) is 14.9. The zero-order chi connectivity index (χ0) is 18.0. The third-order valence-corrected chi connectivity index (χ3v) is 4.16. The van der Waals surface area contributed by atoms with Crippen LogP contribution in [0.1, 0.15) is 12.5 Å². The summed E-state index contributed by atoms with van der Waals surface area (Å²) in [4.78, 5) is 25.8. The molecule has 0 atom stereocenters. The first-order valence-electron chi connectivity index (χ1n) is 7.58. The van der Waals surface area contributed by atoms with E-state index in [1.165, 1.54) is 6.08 Å². The van der Waals surface area contributed by atoms with Crippen LogP contribution in [-0.4, -0.2) is 23.7 Å². The molecule has 2 aromatic carbocycles. The van der Waals surface area contributed by atoms with E-state index >= 15 is 0 Å². The number of benzene rings is 2. The van der Waals surface area contributed by atoms with Crippen molar-refractivity contribution in [3.8, 4) is 11.5 Å². The van der Waals surface area contributed by atoms with Crippen molar-refractivity contribution < 1.29 is 19.4 Å². The van der Waals surface area contributed by atoms with Gasteiger partial charge in [0.05, 0.1) is 16.8 Å². The summed E-state index contributed by atoms with van der Waals surface area (Å²) < 4.78 is 5.80. The molecule has 128 valence electrons. The van der Waals surface area contributed by atoms with E-state index in [1.807, 2.05) is 6.07 Å². The Morgan fingerprint density at radius 2 is 1.96 bits per heavy atom. The summed E-state index contributed by atoms with van der Waals surface area (Å²) in [6.45, 7) is 2.19. The number of rotatable bonds is 4. The molecule has 3 rings (SSSR count). The normalized spacial score (nSPS) is 15.6. The minimum atomic E-state index is -0.509. The number of phenols is 1. The van der Waals surface area contributed by atoms with Gasteiger partial charge < -0.3 is 15.2 Å². The Hall–Kier alpha value is -2.80. The Balaban J connectivity index is 1.95. The molecule has 0 saturated carbocycles. The molecule has 0 bridgehead atoms. The highest BCUT2D eigenvalue weighted by molar-refractivity contribution is 9.10. The van der Waals surface area contributed by atoms with Gasteiger partial charge in [-0.05, 0) is 58.8 Å². The molecule has 1 fully saturated rings. The number of amides is 3. The van der Waals surface area contributed by atoms with Gasteiger partial charge in [-0.2, -0.15) is 0 Å². The second-order valence-electron chi connectivity index (χ2n) is 5.25. The van der Waals surface area contributed by atoms with Crippen molar-refractivity contribution in [2.75, 3.05) is 11.5 Å². The summed E-state index contributed by atoms with van der Waals surface area (Å²) in [6, 6.07) is 11.4. The lowest BCUT2D eigenvalue weighted by molar-refractivity contribution is -0.113. The summed E-state index contributed by atoms with van der Waals surface area (Å²) in [5.74, 6) is -0.171. The smallest absolute Gasteiger partial charge is 0.333 e. The third kappa shape index (κ3) is 3.36. The number of imide groups is 1. The van der Waals surface area contributed by atoms with Crippen LogP contribution in [0.25, 0.3) is 6.08 Å². The summed E-state index contributed by atoms with van der Waals surface area (Å²) in [5, 5.41) is 12.5. The Kier molecular flexibility index (Phi) is 4.76. The van der Waals surface area contributed by atoms with Gasteiger partial charge in [-0.3, -0.25) is 4.79 Å². The number of hydrogen-bond donors (Lipinski definition) is 2. The van der Waals surface area contributed by atoms with E-state index in [1.54, 1.807) is 43.3 Å². The zero-order valence-electron chi connectivity index (χ0n) is 13.3. The molecule has 1 aliphatic rings. The maximum atomic E-state index is 12.6. The van der Waals surface area contributed by atoms with Crippen LogP contribution in [0.3, 0.4) is 0 Å². The minimum Gasteiger partial charge on any atom is -0.503 e. The topological polar surface area (TPSA) is 78.9 Å². The molecular weight excluding hydrogens is 388 g/mol. The number of hydrogen-bond acceptors (Lipinski definition) is 4. The minimum absolute atomic E-state index is 0.0169. The van der Waals surface area contributed by atoms with E-state index < -0.39 is 11.9 Å². The maximum absolute atomic E-state index is 12.6. The maximum Gasteiger partial charge on any atom is 0.333 e. The Morgan fingerprint density at radius 3 is 2.64 bits per heavy atom. The number of carbonyl (C=O) groups is 2. The quantitative estimate of drug-likeness (QED) is 0.604. The fraction of sp³-hybridized carbons (Fsp3) is 0.111. The van der Waals surface area contributed by atoms with Crippen LogP contribution in [0.4, 0.5) is 10.5 Å². The molecule has 3 amide bonds. The number of para-hydroxylation sites is 1. The van der Waals surface area contributed by atoms with Crippen molar-refractivity contribution in [2.24, 2.45) is 0 Å². The summed E-state index contributed by atoms with van der Waals surface area (Å²) in [7, 11) is 0. The largest absolute Gasteiger partial charge is 0.503 e. The molecule has 7 heteroatoms. The number of anilines is 1. The van der Waals surface area contributed by atoms with Gasteiger partial charge in [0.15, 0.2) is 11.5 Å². The van der Waals surface area contributed by atoms with Crippen LogP contribution in [0.2, 0.25) is 0 Å². The van der Waals surface area contributed by atoms with Gasteiger partial charge in [0.2, 0.25) is 0 Å². The highest BCUT2D eigenvalue weighted by atomic mass is 79.9. The molecule has 0 aliphatic carbocycles. The molecule has 2 N–H and O–H groups in total. The van der Waals surface area contributed by atoms with Crippen molar-refractivity contribution in [1.29, 1.82) is 0 Å². The molecule has 0 unspecified atom stereocenters. The predicted octanol–water partition coefficient (Wildman–Crippen LogP) is 3.65. The van der Waals surface area contributed by atoms with Crippen molar-refractivity contribution in [1.82, 2.24) is 5.32 Å². The number of nitrogens with zero attached hydrogens (tertiary/aromatic N) is 1. The van der Waals surface area contributed by atoms with Gasteiger partial charge >= 0.3 is 6.03 Å². The molecule has 0 spiro atoms. The van der Waals surface area contributed by atoms with Crippen LogP contribution in [0.15, 0.2) is 52.6 Å². The number of ether oxygens (including phenoxy) is 1. The molecule has 0 radical (unpaired) electrons. The summed E-state index contributed by atoms with van der Waals surface area (Å²) in [5.41, 5.74) is 1.25. The van der Waals surface area contributed by atoms with Crippen molar-refractivity contribution in [3.63, 3.8) is 0 Å². The first kappa shape index (κ1) is 17.0. The number of halogens is 1. The first-order chi connectivity index (χ1) is 12.0. The van der Waals surface area contributed by atoms with Gasteiger partial charge in [-0.15, -0.1) is 0 Å². The molecular formula is C18H15BrN2O4. The second-order valence-corrected chi connectivity index (χ2v) is 6.10. The Morgan fingerprint density at radius 1 is 1.24 bits per heavy atom. The van der Waals surface area contributed by atoms with Gasteiger partial charge in [0.25, 0.3) is 5.91 Å². The van der Waals surface area contributed by atoms with Crippen molar-refractivity contribution in [2.45, 2.75) is 6.92 Å². The van der Waals surface area contributed by atoms with Crippen LogP contribution in [0, 0.1) is 0 Å². The summed E-state index contributed by atoms with van der Waals surface area (Å²) in [6.07, 6.45) is 1.54. The van der Waals surface area contributed by atoms with E-state index in [-0.39, 0.29) is 11.4 Å². The average molecular weight is 403 g/mol. The molecule has 6 nitrogen and oxygen atoms in total. The van der Waals surface area contributed by atoms with Crippen LogP contribution in [-0.2, 0) is 4.79 Å². The van der Waals surface area contributed by atoms with Crippen LogP contribution in [0.5, 0.6) is 11.5 Å². The van der Waals surface area contributed by atoms with Crippen LogP contribution >= 0.6 is 15.9 Å². The van der Waals surface area contributed by atoms with E-state index in [0.29, 0.717) is 28.1 Å². The third-order valence-electron chi connectivity index (χ3n) is 3.55. The second kappa shape index (κ2) is 6.98. The fourth-order valence-corrected chi connectivity index (χ4v) is 2.92. The number of carbonyl (C=O) groups excluding carboxylic acids is 2. The van der Waals surface area contributed by atoms with Gasteiger partial charge in [-0.25, -0.2) is 9.69 Å². The van der Waals surface area contributed by atoms with Crippen molar-refractivity contribution in [3.05, 3.63) is 58.2 Å². The lowest BCUT2D eigenvalue weighted by atomic mass is 10.1. The predicted molar refractivity (Wildman–Crippen MR) is 97.4 cm³/mol. The molecule has 1 aliphatic heterocycles. The monoisotopic (exact) mass is 402 g/mol. The lowest BCUT2D eigenvalue weighted by Crippen LogP contribution is -2.30. The molecule has 1 heterocycles. The van der Waals surface area contributed by atoms with E-state index in [0.717, 1.165) is 4.90 Å². The highest BCUT2D eigenvalue weighted by Gasteiger charge is 2.34. The van der Waals surface area contributed by atoms with Gasteiger partial charge in [0.1, 0.15) is 5.70 Å². The summed E-state index contributed by atoms with van der Waals surface area (Å²) >= 11 is 3.25. The Labute approximate surface area is 152 Å². The standard InChI is InChI=1S/C18H15BrN2O4/c1-2-25-15-10-11(8-13(19)16(15)22)9-14-17(23)21(18(24)20-14)12-6-4-3-5-7-12/h3-10,22H,2H2,1H3,(H,20,24)/b14-9+. The average Bonchev–Trinajstić information content (AvgIpc) is 2.87. The SMILES string of the molecule is CCOc1cc(/C=C2/NC(=O)N(c3ccccc3)C2=O)cc(Br)c1O. The molecule has 2 aromatic rings. The van der Waals surface area contributed by atoms with Crippen molar-refractivity contribution >= 4 is 39.6 Å². The fourth-order valence-electron chi connectivity index (χ4n) is 2.46. The lowest BCUT2D eigenvalue weighted by Gasteiger charge is -2.11. The van der Waals surface area contributed by atoms with Gasteiger partial charge in [-0.1, -0.05) is 18.2 Å². The number of phenolic OH excluding ortho intramolecular Hbond substituents is 1. The number of aromatic hydroxyl groups is 1. The number of nitrogens with one attached hydrogen (secondary N) is 1. The number of urea groups is 1. The molecule has 0 aromatic heterocycles. The van der Waals surface area contributed by atoms with E-state index in [4.69, 9.17) is 4.74 Å². The Bertz CT molecular complexity index is 865. The van der Waals surface area contributed by atoms with E-state index in [2.05, 4.69) is 21.2 Å². The highest BCUT2D eigenvalue weighted by Crippen LogP contribution is 2.36. The van der Waals surface area contributed by atoms with Gasteiger partial charge in [0, 0.05) is 0 Å². The first-order valence-corrected chi connectivity index (χ1v) is 8.38.